The molecule has 1 amide bonds. The van der Waals surface area contributed by atoms with Crippen LogP contribution in [-0.2, 0) is 0 Å². The third-order valence-corrected chi connectivity index (χ3v) is 4.89. The maximum Gasteiger partial charge on any atom is 0.253 e. The molecule has 2 heterocycles. The van der Waals surface area contributed by atoms with Gasteiger partial charge in [-0.2, -0.15) is 0 Å². The Balaban J connectivity index is 1.80. The van der Waals surface area contributed by atoms with Crippen LogP contribution >= 0.6 is 11.3 Å². The summed E-state index contributed by atoms with van der Waals surface area (Å²) in [5.41, 5.74) is 1.92. The average molecular weight is 372 g/mol. The van der Waals surface area contributed by atoms with Crippen molar-refractivity contribution in [3.63, 3.8) is 0 Å². The summed E-state index contributed by atoms with van der Waals surface area (Å²) in [6.45, 7) is 5.71. The number of aromatic nitrogens is 2. The van der Waals surface area contributed by atoms with Crippen molar-refractivity contribution in [1.82, 2.24) is 20.6 Å². The molecule has 0 saturated carbocycles. The number of nitrogens with zero attached hydrogens (tertiary/aromatic N) is 1. The molecule has 0 aliphatic carbocycles. The van der Waals surface area contributed by atoms with Gasteiger partial charge in [0.2, 0.25) is 0 Å². The highest BCUT2D eigenvalue weighted by atomic mass is 32.1. The highest BCUT2D eigenvalue weighted by Gasteiger charge is 2.18. The van der Waals surface area contributed by atoms with Gasteiger partial charge in [0, 0.05) is 12.6 Å². The summed E-state index contributed by atoms with van der Waals surface area (Å²) in [7, 11) is 1.61. The van der Waals surface area contributed by atoms with Crippen LogP contribution in [0.5, 0.6) is 5.75 Å². The number of carbonyl (C=O) groups excluding carboxylic acids is 1. The molecule has 26 heavy (non-hydrogen) atoms. The van der Waals surface area contributed by atoms with E-state index in [-0.39, 0.29) is 5.91 Å². The second-order valence-corrected chi connectivity index (χ2v) is 7.27. The number of rotatable bonds is 8. The number of benzene rings is 1. The van der Waals surface area contributed by atoms with Gasteiger partial charge in [-0.3, -0.25) is 4.79 Å². The molecule has 138 valence electrons. The zero-order valence-electron chi connectivity index (χ0n) is 15.3. The summed E-state index contributed by atoms with van der Waals surface area (Å²) >= 11 is 1.60. The molecule has 0 unspecified atom stereocenters. The molecule has 3 N–H and O–H groups in total. The fraction of sp³-hybridized carbons (Fsp3) is 0.368. The third kappa shape index (κ3) is 4.05. The quantitative estimate of drug-likeness (QED) is 0.530. The van der Waals surface area contributed by atoms with Gasteiger partial charge in [-0.1, -0.05) is 19.9 Å². The van der Waals surface area contributed by atoms with E-state index in [2.05, 4.69) is 34.4 Å². The first-order valence-electron chi connectivity index (χ1n) is 8.72. The number of aromatic amines is 1. The molecule has 3 aromatic rings. The Bertz CT molecular complexity index is 871. The van der Waals surface area contributed by atoms with Crippen molar-refractivity contribution >= 4 is 28.3 Å². The zero-order chi connectivity index (χ0) is 18.5. The predicted octanol–water partition coefficient (Wildman–Crippen LogP) is 3.42. The first-order valence-corrected chi connectivity index (χ1v) is 9.60. The first kappa shape index (κ1) is 18.4. The highest BCUT2D eigenvalue weighted by Crippen LogP contribution is 2.31. The van der Waals surface area contributed by atoms with Crippen molar-refractivity contribution in [1.29, 1.82) is 0 Å². The third-order valence-electron chi connectivity index (χ3n) is 4.02. The fourth-order valence-corrected chi connectivity index (χ4v) is 3.40. The topological polar surface area (TPSA) is 79.0 Å². The molecule has 0 aliphatic heterocycles. The molecule has 6 nitrogen and oxygen atoms in total. The van der Waals surface area contributed by atoms with E-state index in [4.69, 9.17) is 4.74 Å². The van der Waals surface area contributed by atoms with Gasteiger partial charge in [-0.05, 0) is 36.5 Å². The largest absolute Gasteiger partial charge is 0.494 e. The lowest BCUT2D eigenvalue weighted by Gasteiger charge is -2.09. The number of amides is 1. The summed E-state index contributed by atoms with van der Waals surface area (Å²) in [6.07, 6.45) is 0.879. The SMILES string of the molecule is COc1ccc(C(=O)NCCCNC(C)C)c2nc(-c3cccs3)[nH]c12. The van der Waals surface area contributed by atoms with Gasteiger partial charge in [-0.15, -0.1) is 11.3 Å². The molecular weight excluding hydrogens is 348 g/mol. The smallest absolute Gasteiger partial charge is 0.253 e. The molecule has 7 heteroatoms. The van der Waals surface area contributed by atoms with E-state index in [9.17, 15) is 4.79 Å². The minimum atomic E-state index is -0.119. The second kappa shape index (κ2) is 8.33. The van der Waals surface area contributed by atoms with Crippen LogP contribution in [0.15, 0.2) is 29.6 Å². The number of methoxy groups -OCH3 is 1. The van der Waals surface area contributed by atoms with Crippen molar-refractivity contribution in [3.8, 4) is 16.5 Å². The van der Waals surface area contributed by atoms with Gasteiger partial charge in [0.05, 0.1) is 17.6 Å². The summed E-state index contributed by atoms with van der Waals surface area (Å²) in [4.78, 5) is 21.6. The Labute approximate surface area is 157 Å². The van der Waals surface area contributed by atoms with Gasteiger partial charge in [-0.25, -0.2) is 4.98 Å². The van der Waals surface area contributed by atoms with E-state index in [1.807, 2.05) is 17.5 Å². The van der Waals surface area contributed by atoms with Crippen molar-refractivity contribution in [2.45, 2.75) is 26.3 Å². The lowest BCUT2D eigenvalue weighted by atomic mass is 10.1. The second-order valence-electron chi connectivity index (χ2n) is 6.32. The summed E-state index contributed by atoms with van der Waals surface area (Å²) in [5, 5.41) is 8.31. The molecular formula is C19H24N4O2S. The number of ether oxygens (including phenoxy) is 1. The minimum absolute atomic E-state index is 0.119. The Morgan fingerprint density at radius 3 is 2.85 bits per heavy atom. The molecule has 0 fully saturated rings. The van der Waals surface area contributed by atoms with Crippen LogP contribution in [0.1, 0.15) is 30.6 Å². The van der Waals surface area contributed by atoms with Crippen molar-refractivity contribution in [3.05, 3.63) is 35.2 Å². The van der Waals surface area contributed by atoms with Crippen LogP contribution in [-0.4, -0.2) is 42.1 Å². The number of imidazole rings is 1. The van der Waals surface area contributed by atoms with Crippen LogP contribution in [0.4, 0.5) is 0 Å². The Morgan fingerprint density at radius 2 is 2.15 bits per heavy atom. The van der Waals surface area contributed by atoms with Gasteiger partial charge in [0.15, 0.2) is 0 Å². The average Bonchev–Trinajstić information content (AvgIpc) is 3.29. The van der Waals surface area contributed by atoms with Gasteiger partial charge < -0.3 is 20.4 Å². The number of carbonyl (C=O) groups is 1. The van der Waals surface area contributed by atoms with Crippen molar-refractivity contribution < 1.29 is 9.53 Å². The van der Waals surface area contributed by atoms with E-state index in [0.29, 0.717) is 29.4 Å². The number of thiophene rings is 1. The molecule has 0 aliphatic rings. The van der Waals surface area contributed by atoms with E-state index in [1.165, 1.54) is 0 Å². The van der Waals surface area contributed by atoms with Gasteiger partial charge in [0.25, 0.3) is 5.91 Å². The van der Waals surface area contributed by atoms with E-state index in [0.717, 1.165) is 29.2 Å². The molecule has 0 bridgehead atoms. The normalized spacial score (nSPS) is 11.2. The molecule has 0 atom stereocenters. The lowest BCUT2D eigenvalue weighted by Crippen LogP contribution is -2.29. The Hall–Kier alpha value is -2.38. The van der Waals surface area contributed by atoms with E-state index >= 15 is 0 Å². The van der Waals surface area contributed by atoms with Crippen LogP contribution < -0.4 is 15.4 Å². The van der Waals surface area contributed by atoms with E-state index < -0.39 is 0 Å². The maximum atomic E-state index is 12.6. The lowest BCUT2D eigenvalue weighted by molar-refractivity contribution is 0.0954. The Morgan fingerprint density at radius 1 is 1.31 bits per heavy atom. The highest BCUT2D eigenvalue weighted by molar-refractivity contribution is 7.13. The summed E-state index contributed by atoms with van der Waals surface area (Å²) in [5.74, 6) is 1.30. The standard InChI is InChI=1S/C19H24N4O2S/c1-12(2)20-9-5-10-21-19(24)13-7-8-14(25-3)17-16(13)22-18(23-17)15-6-4-11-26-15/h4,6-8,11-12,20H,5,9-10H2,1-3H3,(H,21,24)(H,22,23). The number of nitrogens with one attached hydrogen (secondary N) is 3. The molecule has 0 saturated heterocycles. The molecule has 1 aromatic carbocycles. The number of hydrogen-bond donors (Lipinski definition) is 3. The molecule has 3 rings (SSSR count). The van der Waals surface area contributed by atoms with E-state index in [1.54, 1.807) is 30.6 Å². The zero-order valence-corrected chi connectivity index (χ0v) is 16.1. The number of fused-ring (bicyclic) bond motifs is 1. The maximum absolute atomic E-state index is 12.6. The summed E-state index contributed by atoms with van der Waals surface area (Å²) in [6, 6.07) is 7.99. The van der Waals surface area contributed by atoms with Crippen LogP contribution in [0.3, 0.4) is 0 Å². The fourth-order valence-electron chi connectivity index (χ4n) is 2.73. The molecule has 0 spiro atoms. The van der Waals surface area contributed by atoms with Crippen molar-refractivity contribution in [2.24, 2.45) is 0 Å². The van der Waals surface area contributed by atoms with Gasteiger partial charge in [0.1, 0.15) is 22.6 Å². The van der Waals surface area contributed by atoms with Crippen LogP contribution in [0.25, 0.3) is 21.7 Å². The Kier molecular flexibility index (Phi) is 5.90. The predicted molar refractivity (Wildman–Crippen MR) is 106 cm³/mol. The molecule has 2 aromatic heterocycles. The van der Waals surface area contributed by atoms with Crippen LogP contribution in [0, 0.1) is 0 Å². The monoisotopic (exact) mass is 372 g/mol. The number of hydrogen-bond acceptors (Lipinski definition) is 5. The van der Waals surface area contributed by atoms with Crippen molar-refractivity contribution in [2.75, 3.05) is 20.2 Å². The summed E-state index contributed by atoms with van der Waals surface area (Å²) < 4.78 is 5.42. The minimum Gasteiger partial charge on any atom is -0.494 e. The molecule has 0 radical (unpaired) electrons. The van der Waals surface area contributed by atoms with Crippen LogP contribution in [0.2, 0.25) is 0 Å². The first-order chi connectivity index (χ1) is 12.6. The number of H-pyrrole nitrogens is 1. The van der Waals surface area contributed by atoms with Gasteiger partial charge >= 0.3 is 0 Å².